The Morgan fingerprint density at radius 1 is 1.27 bits per heavy atom. The van der Waals surface area contributed by atoms with Gasteiger partial charge in [-0.15, -0.1) is 0 Å². The van der Waals surface area contributed by atoms with Crippen LogP contribution in [-0.2, 0) is 9.47 Å². The smallest absolute Gasteiger partial charge is 0.162 e. The van der Waals surface area contributed by atoms with E-state index < -0.39 is 11.3 Å². The molecule has 0 saturated carbocycles. The topological polar surface area (TPSA) is 70.5 Å². The quantitative estimate of drug-likeness (QED) is 0.538. The van der Waals surface area contributed by atoms with Crippen molar-refractivity contribution in [3.8, 4) is 0 Å². The van der Waals surface area contributed by atoms with Crippen molar-refractivity contribution in [2.24, 2.45) is 11.5 Å². The maximum atomic E-state index is 5.80. The molecule has 0 amide bonds. The van der Waals surface area contributed by atoms with Gasteiger partial charge in [0.25, 0.3) is 0 Å². The molecule has 0 unspecified atom stereocenters. The molecule has 1 heterocycles. The normalized spacial score (nSPS) is 28.4. The minimum Gasteiger partial charge on any atom is -0.348 e. The Bertz CT molecular complexity index is 137. The van der Waals surface area contributed by atoms with Gasteiger partial charge in [0.15, 0.2) is 5.79 Å². The van der Waals surface area contributed by atoms with Crippen molar-refractivity contribution < 1.29 is 9.47 Å². The van der Waals surface area contributed by atoms with E-state index in [9.17, 15) is 0 Å². The Hall–Kier alpha value is -0.160. The third-order valence-corrected chi connectivity index (χ3v) is 1.82. The largest absolute Gasteiger partial charge is 0.348 e. The van der Waals surface area contributed by atoms with Crippen LogP contribution in [0.15, 0.2) is 0 Å². The molecule has 66 valence electrons. The van der Waals surface area contributed by atoms with Crippen molar-refractivity contribution in [3.63, 3.8) is 0 Å². The summed E-state index contributed by atoms with van der Waals surface area (Å²) in [5.74, 6) is -0.502. The van der Waals surface area contributed by atoms with Gasteiger partial charge >= 0.3 is 0 Å². The first-order chi connectivity index (χ1) is 4.97. The third kappa shape index (κ3) is 2.13. The molecule has 1 fully saturated rings. The second-order valence-electron chi connectivity index (χ2n) is 3.54. The lowest BCUT2D eigenvalue weighted by Crippen LogP contribution is -2.60. The molecule has 0 atom stereocenters. The molecule has 0 aromatic heterocycles. The van der Waals surface area contributed by atoms with Crippen LogP contribution in [0.25, 0.3) is 0 Å². The van der Waals surface area contributed by atoms with Crippen molar-refractivity contribution >= 4 is 0 Å². The molecule has 4 heteroatoms. The highest BCUT2D eigenvalue weighted by Gasteiger charge is 2.35. The number of ether oxygens (including phenoxy) is 2. The summed E-state index contributed by atoms with van der Waals surface area (Å²) in [6.07, 6.45) is 0. The van der Waals surface area contributed by atoms with E-state index in [0.717, 1.165) is 0 Å². The number of rotatable bonds is 1. The summed E-state index contributed by atoms with van der Waals surface area (Å²) >= 11 is 0. The van der Waals surface area contributed by atoms with Crippen LogP contribution in [0, 0.1) is 0 Å². The maximum Gasteiger partial charge on any atom is 0.162 e. The summed E-state index contributed by atoms with van der Waals surface area (Å²) in [6, 6.07) is 0. The van der Waals surface area contributed by atoms with E-state index >= 15 is 0 Å². The summed E-state index contributed by atoms with van der Waals surface area (Å²) in [5, 5.41) is 0. The Morgan fingerprint density at radius 2 is 1.73 bits per heavy atom. The van der Waals surface area contributed by atoms with Gasteiger partial charge in [0.2, 0.25) is 0 Å². The molecule has 1 saturated heterocycles. The van der Waals surface area contributed by atoms with E-state index in [1.807, 2.05) is 13.8 Å². The van der Waals surface area contributed by atoms with Crippen LogP contribution in [0.3, 0.4) is 0 Å². The Morgan fingerprint density at radius 3 is 2.09 bits per heavy atom. The third-order valence-electron chi connectivity index (χ3n) is 1.82. The van der Waals surface area contributed by atoms with Crippen molar-refractivity contribution in [2.45, 2.75) is 25.2 Å². The summed E-state index contributed by atoms with van der Waals surface area (Å²) in [6.45, 7) is 5.06. The van der Waals surface area contributed by atoms with Crippen LogP contribution in [-0.4, -0.2) is 31.1 Å². The van der Waals surface area contributed by atoms with E-state index in [1.54, 1.807) is 0 Å². The fourth-order valence-electron chi connectivity index (χ4n) is 0.836. The zero-order valence-electron chi connectivity index (χ0n) is 7.09. The van der Waals surface area contributed by atoms with Crippen LogP contribution in [0.1, 0.15) is 13.8 Å². The fourth-order valence-corrected chi connectivity index (χ4v) is 0.836. The fraction of sp³-hybridized carbons (Fsp3) is 1.00. The molecule has 11 heavy (non-hydrogen) atoms. The molecular formula is C7H16N2O2. The van der Waals surface area contributed by atoms with E-state index in [1.165, 1.54) is 0 Å². The van der Waals surface area contributed by atoms with Crippen LogP contribution in [0.2, 0.25) is 0 Å². The van der Waals surface area contributed by atoms with Gasteiger partial charge in [-0.05, 0) is 13.8 Å². The predicted octanol–water partition coefficient (Wildman–Crippen LogP) is -0.574. The number of hydrogen-bond acceptors (Lipinski definition) is 4. The molecular weight excluding hydrogens is 144 g/mol. The minimum absolute atomic E-state index is 0.392. The molecule has 1 aliphatic rings. The van der Waals surface area contributed by atoms with Gasteiger partial charge in [0, 0.05) is 6.54 Å². The molecule has 4 nitrogen and oxygen atoms in total. The van der Waals surface area contributed by atoms with Gasteiger partial charge in [-0.25, -0.2) is 0 Å². The first-order valence-electron chi connectivity index (χ1n) is 3.74. The zero-order valence-corrected chi connectivity index (χ0v) is 7.09. The lowest BCUT2D eigenvalue weighted by molar-refractivity contribution is -0.265. The first kappa shape index (κ1) is 8.93. The monoisotopic (exact) mass is 160 g/mol. The van der Waals surface area contributed by atoms with Gasteiger partial charge in [-0.1, -0.05) is 0 Å². The van der Waals surface area contributed by atoms with E-state index in [0.29, 0.717) is 19.8 Å². The van der Waals surface area contributed by atoms with Crippen molar-refractivity contribution in [2.75, 3.05) is 19.8 Å². The zero-order chi connectivity index (χ0) is 8.54. The Balaban J connectivity index is 2.48. The maximum absolute atomic E-state index is 5.80. The summed E-state index contributed by atoms with van der Waals surface area (Å²) in [4.78, 5) is 0. The average molecular weight is 160 g/mol. The average Bonchev–Trinajstić information content (AvgIpc) is 1.97. The summed E-state index contributed by atoms with van der Waals surface area (Å²) in [5.41, 5.74) is 10.8. The molecule has 0 aromatic rings. The van der Waals surface area contributed by atoms with Crippen molar-refractivity contribution in [3.05, 3.63) is 0 Å². The standard InChI is InChI=1S/C7H16N2O2/c1-6(2)10-4-7(9,3-8)5-11-6/h3-5,8-9H2,1-2H3. The highest BCUT2D eigenvalue weighted by Crippen LogP contribution is 2.20. The van der Waals surface area contributed by atoms with Crippen LogP contribution >= 0.6 is 0 Å². The van der Waals surface area contributed by atoms with Crippen LogP contribution in [0.4, 0.5) is 0 Å². The highest BCUT2D eigenvalue weighted by atomic mass is 16.7. The predicted molar refractivity (Wildman–Crippen MR) is 42.0 cm³/mol. The van der Waals surface area contributed by atoms with E-state index in [2.05, 4.69) is 0 Å². The van der Waals surface area contributed by atoms with Gasteiger partial charge < -0.3 is 20.9 Å². The molecule has 0 bridgehead atoms. The lowest BCUT2D eigenvalue weighted by Gasteiger charge is -2.40. The van der Waals surface area contributed by atoms with Crippen molar-refractivity contribution in [1.29, 1.82) is 0 Å². The van der Waals surface area contributed by atoms with Crippen LogP contribution < -0.4 is 11.5 Å². The van der Waals surface area contributed by atoms with E-state index in [4.69, 9.17) is 20.9 Å². The van der Waals surface area contributed by atoms with Gasteiger partial charge in [-0.3, -0.25) is 0 Å². The molecule has 0 aromatic carbocycles. The number of hydrogen-bond donors (Lipinski definition) is 2. The molecule has 1 rings (SSSR count). The molecule has 0 aliphatic carbocycles. The molecule has 4 N–H and O–H groups in total. The minimum atomic E-state index is -0.502. The SMILES string of the molecule is CC1(C)OCC(N)(CN)CO1. The van der Waals surface area contributed by atoms with Gasteiger partial charge in [-0.2, -0.15) is 0 Å². The highest BCUT2D eigenvalue weighted by molar-refractivity contribution is 4.88. The van der Waals surface area contributed by atoms with Gasteiger partial charge in [0.1, 0.15) is 0 Å². The Kier molecular flexibility index (Phi) is 2.20. The number of nitrogens with two attached hydrogens (primary N) is 2. The molecule has 1 aliphatic heterocycles. The summed E-state index contributed by atoms with van der Waals surface area (Å²) in [7, 11) is 0. The molecule has 0 radical (unpaired) electrons. The lowest BCUT2D eigenvalue weighted by atomic mass is 10.0. The summed E-state index contributed by atoms with van der Waals surface area (Å²) < 4.78 is 10.7. The Labute approximate surface area is 66.8 Å². The van der Waals surface area contributed by atoms with Crippen LogP contribution in [0.5, 0.6) is 0 Å². The second-order valence-corrected chi connectivity index (χ2v) is 3.54. The van der Waals surface area contributed by atoms with Crippen molar-refractivity contribution in [1.82, 2.24) is 0 Å². The van der Waals surface area contributed by atoms with Gasteiger partial charge in [0.05, 0.1) is 18.8 Å². The first-order valence-corrected chi connectivity index (χ1v) is 3.74. The molecule has 0 spiro atoms. The van der Waals surface area contributed by atoms with E-state index in [-0.39, 0.29) is 0 Å². The second kappa shape index (κ2) is 2.71.